The van der Waals surface area contributed by atoms with E-state index >= 15 is 0 Å². The SMILES string of the molecule is CCOC(=O)C1=C(c2ccccc2)N=c2sc(=Cc3cccc(OCC(=O)O)c3)c(=O)n2C1c1ccc(OCC)cc1. The van der Waals surface area contributed by atoms with Gasteiger partial charge in [-0.05, 0) is 55.3 Å². The van der Waals surface area contributed by atoms with Crippen LogP contribution in [0.25, 0.3) is 11.8 Å². The first-order chi connectivity index (χ1) is 20.4. The van der Waals surface area contributed by atoms with Gasteiger partial charge in [0.15, 0.2) is 11.4 Å². The van der Waals surface area contributed by atoms with Gasteiger partial charge < -0.3 is 19.3 Å². The summed E-state index contributed by atoms with van der Waals surface area (Å²) in [7, 11) is 0. The van der Waals surface area contributed by atoms with Crippen molar-refractivity contribution in [2.24, 2.45) is 4.99 Å². The third-order valence-corrected chi connectivity index (χ3v) is 7.38. The minimum absolute atomic E-state index is 0.158. The van der Waals surface area contributed by atoms with Crippen LogP contribution in [0.1, 0.15) is 36.6 Å². The lowest BCUT2D eigenvalue weighted by Gasteiger charge is -2.26. The molecule has 0 bridgehead atoms. The molecular formula is C32H28N2O7S. The van der Waals surface area contributed by atoms with E-state index in [0.717, 1.165) is 5.56 Å². The maximum Gasteiger partial charge on any atom is 0.341 e. The van der Waals surface area contributed by atoms with E-state index in [1.165, 1.54) is 15.9 Å². The molecule has 0 fully saturated rings. The molecule has 0 saturated heterocycles. The molecule has 1 N–H and O–H groups in total. The number of thiazole rings is 1. The number of aliphatic carboxylic acids is 1. The number of carbonyl (C=O) groups is 2. The summed E-state index contributed by atoms with van der Waals surface area (Å²) in [6.45, 7) is 3.81. The molecule has 9 nitrogen and oxygen atoms in total. The lowest BCUT2D eigenvalue weighted by atomic mass is 9.93. The summed E-state index contributed by atoms with van der Waals surface area (Å²) in [6.07, 6.45) is 1.70. The Labute approximate surface area is 245 Å². The summed E-state index contributed by atoms with van der Waals surface area (Å²) in [4.78, 5) is 43.8. The number of carbonyl (C=O) groups excluding carboxylic acids is 1. The second kappa shape index (κ2) is 12.7. The van der Waals surface area contributed by atoms with Gasteiger partial charge in [0, 0.05) is 5.56 Å². The molecule has 3 aromatic carbocycles. The van der Waals surface area contributed by atoms with E-state index < -0.39 is 24.6 Å². The summed E-state index contributed by atoms with van der Waals surface area (Å²) >= 11 is 1.20. The van der Waals surface area contributed by atoms with Gasteiger partial charge in [0.2, 0.25) is 0 Å². The minimum Gasteiger partial charge on any atom is -0.494 e. The van der Waals surface area contributed by atoms with Gasteiger partial charge in [-0.3, -0.25) is 9.36 Å². The third-order valence-electron chi connectivity index (χ3n) is 6.40. The van der Waals surface area contributed by atoms with Gasteiger partial charge >= 0.3 is 11.9 Å². The molecule has 0 amide bonds. The molecule has 42 heavy (non-hydrogen) atoms. The molecule has 0 aliphatic carbocycles. The van der Waals surface area contributed by atoms with Crippen LogP contribution >= 0.6 is 11.3 Å². The van der Waals surface area contributed by atoms with Gasteiger partial charge in [0.1, 0.15) is 11.5 Å². The van der Waals surface area contributed by atoms with E-state index in [-0.39, 0.29) is 17.7 Å². The second-order valence-electron chi connectivity index (χ2n) is 9.19. The Hall–Kier alpha value is -4.96. The van der Waals surface area contributed by atoms with Crippen molar-refractivity contribution in [1.29, 1.82) is 0 Å². The minimum atomic E-state index is -1.09. The number of hydrogen-bond donors (Lipinski definition) is 1. The molecule has 1 aliphatic rings. The molecule has 1 aliphatic heterocycles. The molecule has 0 spiro atoms. The Balaban J connectivity index is 1.73. The van der Waals surface area contributed by atoms with Crippen LogP contribution in [-0.4, -0.2) is 41.4 Å². The molecular weight excluding hydrogens is 556 g/mol. The van der Waals surface area contributed by atoms with Crippen molar-refractivity contribution in [3.63, 3.8) is 0 Å². The molecule has 1 atom stereocenters. The molecule has 2 heterocycles. The van der Waals surface area contributed by atoms with Gasteiger partial charge in [-0.1, -0.05) is 65.9 Å². The quantitative estimate of drug-likeness (QED) is 0.282. The van der Waals surface area contributed by atoms with Crippen molar-refractivity contribution in [1.82, 2.24) is 4.57 Å². The Bertz CT molecular complexity index is 1820. The second-order valence-corrected chi connectivity index (χ2v) is 10.2. The predicted molar refractivity (Wildman–Crippen MR) is 158 cm³/mol. The van der Waals surface area contributed by atoms with Crippen LogP contribution in [0.15, 0.2) is 94.2 Å². The van der Waals surface area contributed by atoms with E-state index in [0.29, 0.717) is 44.3 Å². The summed E-state index contributed by atoms with van der Waals surface area (Å²) in [5.41, 5.74) is 2.43. The van der Waals surface area contributed by atoms with Crippen LogP contribution in [0.3, 0.4) is 0 Å². The van der Waals surface area contributed by atoms with Gasteiger partial charge in [-0.2, -0.15) is 0 Å². The molecule has 0 radical (unpaired) electrons. The zero-order valence-electron chi connectivity index (χ0n) is 23.0. The largest absolute Gasteiger partial charge is 0.494 e. The van der Waals surface area contributed by atoms with Gasteiger partial charge in [0.05, 0.1) is 35.1 Å². The fraction of sp³-hybridized carbons (Fsp3) is 0.188. The van der Waals surface area contributed by atoms with Crippen molar-refractivity contribution in [2.75, 3.05) is 19.8 Å². The highest BCUT2D eigenvalue weighted by Gasteiger charge is 2.35. The number of hydrogen-bond acceptors (Lipinski definition) is 8. The first kappa shape index (κ1) is 28.6. The zero-order chi connectivity index (χ0) is 29.6. The standard InChI is InChI=1S/C32H28N2O7S/c1-3-39-23-15-13-22(14-16-23)29-27(31(38)40-4-2)28(21-10-6-5-7-11-21)33-32-34(29)30(37)25(42-32)18-20-9-8-12-24(17-20)41-19-26(35)36/h5-18,29H,3-4,19H2,1-2H3,(H,35,36). The van der Waals surface area contributed by atoms with E-state index in [2.05, 4.69) is 0 Å². The molecule has 0 saturated carbocycles. The number of esters is 1. The lowest BCUT2D eigenvalue weighted by molar-refractivity contribution is -0.140. The molecule has 5 rings (SSSR count). The van der Waals surface area contributed by atoms with E-state index in [9.17, 15) is 14.4 Å². The third kappa shape index (κ3) is 6.03. The predicted octanol–water partition coefficient (Wildman–Crippen LogP) is 3.80. The molecule has 214 valence electrons. The number of nitrogens with zero attached hydrogens (tertiary/aromatic N) is 2. The van der Waals surface area contributed by atoms with Crippen LogP contribution < -0.4 is 24.4 Å². The van der Waals surface area contributed by atoms with Crippen molar-refractivity contribution in [3.05, 3.63) is 121 Å². The maximum absolute atomic E-state index is 14.0. The molecule has 1 aromatic heterocycles. The van der Waals surface area contributed by atoms with E-state index in [1.807, 2.05) is 61.5 Å². The van der Waals surface area contributed by atoms with E-state index in [1.54, 1.807) is 37.3 Å². The van der Waals surface area contributed by atoms with Crippen molar-refractivity contribution in [3.8, 4) is 11.5 Å². The molecule has 4 aromatic rings. The fourth-order valence-electron chi connectivity index (χ4n) is 4.66. The highest BCUT2D eigenvalue weighted by molar-refractivity contribution is 7.07. The Morgan fingerprint density at radius 1 is 0.952 bits per heavy atom. The van der Waals surface area contributed by atoms with Gasteiger partial charge in [0.25, 0.3) is 5.56 Å². The highest BCUT2D eigenvalue weighted by Crippen LogP contribution is 2.35. The first-order valence-electron chi connectivity index (χ1n) is 13.4. The van der Waals surface area contributed by atoms with Crippen LogP contribution in [-0.2, 0) is 14.3 Å². The number of fused-ring (bicyclic) bond motifs is 1. The molecule has 10 heteroatoms. The van der Waals surface area contributed by atoms with Crippen LogP contribution in [0, 0.1) is 0 Å². The normalized spacial score (nSPS) is 14.6. The van der Waals surface area contributed by atoms with Crippen LogP contribution in [0.4, 0.5) is 0 Å². The van der Waals surface area contributed by atoms with E-state index in [4.69, 9.17) is 24.3 Å². The number of benzene rings is 3. The lowest BCUT2D eigenvalue weighted by Crippen LogP contribution is -2.40. The summed E-state index contributed by atoms with van der Waals surface area (Å²) in [5, 5.41) is 8.94. The molecule has 1 unspecified atom stereocenters. The summed E-state index contributed by atoms with van der Waals surface area (Å²) < 4.78 is 18.3. The smallest absolute Gasteiger partial charge is 0.341 e. The number of carboxylic acid groups (broad SMARTS) is 1. The highest BCUT2D eigenvalue weighted by atomic mass is 32.1. The number of aromatic nitrogens is 1. The Morgan fingerprint density at radius 3 is 2.40 bits per heavy atom. The maximum atomic E-state index is 14.0. The first-order valence-corrected chi connectivity index (χ1v) is 14.2. The number of rotatable bonds is 10. The van der Waals surface area contributed by atoms with Crippen molar-refractivity contribution in [2.45, 2.75) is 19.9 Å². The average molecular weight is 585 g/mol. The van der Waals surface area contributed by atoms with Gasteiger partial charge in [-0.25, -0.2) is 14.6 Å². The van der Waals surface area contributed by atoms with Crippen molar-refractivity contribution >= 4 is 35.0 Å². The van der Waals surface area contributed by atoms with Gasteiger partial charge in [-0.15, -0.1) is 0 Å². The number of carboxylic acids is 1. The Kier molecular flexibility index (Phi) is 8.63. The summed E-state index contributed by atoms with van der Waals surface area (Å²) in [6, 6.07) is 22.6. The monoisotopic (exact) mass is 584 g/mol. The van der Waals surface area contributed by atoms with Crippen LogP contribution in [0.5, 0.6) is 11.5 Å². The topological polar surface area (TPSA) is 116 Å². The number of ether oxygens (including phenoxy) is 3. The average Bonchev–Trinajstić information content (AvgIpc) is 3.30. The summed E-state index contributed by atoms with van der Waals surface area (Å²) in [5.74, 6) is -0.614. The Morgan fingerprint density at radius 2 is 1.71 bits per heavy atom. The van der Waals surface area contributed by atoms with Crippen molar-refractivity contribution < 1.29 is 28.9 Å². The fourth-order valence-corrected chi connectivity index (χ4v) is 5.66. The van der Waals surface area contributed by atoms with Crippen LogP contribution in [0.2, 0.25) is 0 Å². The zero-order valence-corrected chi connectivity index (χ0v) is 23.8.